The smallest absolute Gasteiger partial charge is 0.407 e. The zero-order valence-corrected chi connectivity index (χ0v) is 21.8. The van der Waals surface area contributed by atoms with E-state index in [1.165, 1.54) is 15.9 Å². The van der Waals surface area contributed by atoms with Crippen molar-refractivity contribution in [1.29, 1.82) is 0 Å². The van der Waals surface area contributed by atoms with Crippen molar-refractivity contribution in [2.75, 3.05) is 13.1 Å². The van der Waals surface area contributed by atoms with Crippen molar-refractivity contribution in [3.05, 3.63) is 34.6 Å². The average Bonchev–Trinajstić information content (AvgIpc) is 3.25. The lowest BCUT2D eigenvalue weighted by Gasteiger charge is -2.36. The van der Waals surface area contributed by atoms with Gasteiger partial charge in [0.25, 0.3) is 11.8 Å². The molecule has 1 saturated carbocycles. The quantitative estimate of drug-likeness (QED) is 0.530. The second kappa shape index (κ2) is 11.1. The fraction of sp³-hybridized carbons (Fsp3) is 0.593. The van der Waals surface area contributed by atoms with Crippen LogP contribution < -0.4 is 10.6 Å². The standard InChI is InChI=1S/C27H31F3N4O6/c28-22-16(1-2-17-14-34(25(38)21(17)22)19-7-8-20(35)32-23(19)36)13-31-26(39)40-18-5-3-15(4-6-18)24(37)33-11-9-27(29,30)10-12-33/h1-2,15,18-19H,3-14H2,(H,31,39)(H,32,35,36). The van der Waals surface area contributed by atoms with Crippen LogP contribution in [0.4, 0.5) is 18.0 Å². The van der Waals surface area contributed by atoms with Gasteiger partial charge in [0, 0.05) is 56.9 Å². The summed E-state index contributed by atoms with van der Waals surface area (Å²) in [6, 6.07) is 2.18. The molecule has 1 aromatic rings. The molecule has 40 heavy (non-hydrogen) atoms. The third kappa shape index (κ3) is 5.78. The highest BCUT2D eigenvalue weighted by atomic mass is 19.3. The van der Waals surface area contributed by atoms with Crippen LogP contribution in [0, 0.1) is 11.7 Å². The van der Waals surface area contributed by atoms with E-state index in [2.05, 4.69) is 10.6 Å². The summed E-state index contributed by atoms with van der Waals surface area (Å²) in [6.07, 6.45) is 0.283. The highest BCUT2D eigenvalue weighted by molar-refractivity contribution is 6.05. The predicted molar refractivity (Wildman–Crippen MR) is 132 cm³/mol. The van der Waals surface area contributed by atoms with E-state index >= 15 is 4.39 Å². The van der Waals surface area contributed by atoms with Gasteiger partial charge >= 0.3 is 6.09 Å². The Bertz CT molecular complexity index is 1220. The number of imide groups is 1. The number of fused-ring (bicyclic) bond motifs is 1. The largest absolute Gasteiger partial charge is 0.446 e. The first-order valence-corrected chi connectivity index (χ1v) is 13.6. The number of ether oxygens (including phenoxy) is 1. The number of carbonyl (C=O) groups is 5. The van der Waals surface area contributed by atoms with Gasteiger partial charge in [0.2, 0.25) is 17.7 Å². The van der Waals surface area contributed by atoms with Crippen molar-refractivity contribution in [2.24, 2.45) is 5.92 Å². The van der Waals surface area contributed by atoms with Crippen molar-refractivity contribution in [2.45, 2.75) is 82.5 Å². The summed E-state index contributed by atoms with van der Waals surface area (Å²) < 4.78 is 47.5. The molecule has 1 atom stereocenters. The maximum absolute atomic E-state index is 15.3. The number of halogens is 3. The lowest BCUT2D eigenvalue weighted by Crippen LogP contribution is -2.52. The summed E-state index contributed by atoms with van der Waals surface area (Å²) in [5.41, 5.74) is 0.344. The van der Waals surface area contributed by atoms with Crippen molar-refractivity contribution in [3.63, 3.8) is 0 Å². The fourth-order valence-electron chi connectivity index (χ4n) is 5.89. The van der Waals surface area contributed by atoms with Crippen LogP contribution in [-0.4, -0.2) is 70.7 Å². The lowest BCUT2D eigenvalue weighted by atomic mass is 9.86. The van der Waals surface area contributed by atoms with Gasteiger partial charge in [-0.25, -0.2) is 18.0 Å². The van der Waals surface area contributed by atoms with Gasteiger partial charge in [0.15, 0.2) is 0 Å². The number of nitrogens with one attached hydrogen (secondary N) is 2. The van der Waals surface area contributed by atoms with Crippen LogP contribution in [0.2, 0.25) is 0 Å². The number of rotatable bonds is 5. The topological polar surface area (TPSA) is 125 Å². The molecule has 13 heteroatoms. The minimum atomic E-state index is -2.72. The SMILES string of the molecule is O=C1CCC(N2Cc3ccc(CNC(=O)OC4CCC(C(=O)N5CCC(F)(F)CC5)CC4)c(F)c3C2=O)C(=O)N1. The van der Waals surface area contributed by atoms with Gasteiger partial charge < -0.3 is 19.9 Å². The molecule has 3 heterocycles. The zero-order chi connectivity index (χ0) is 28.6. The van der Waals surface area contributed by atoms with Crippen LogP contribution in [0.5, 0.6) is 0 Å². The number of benzene rings is 1. The molecule has 2 N–H and O–H groups in total. The highest BCUT2D eigenvalue weighted by Crippen LogP contribution is 2.33. The Hall–Kier alpha value is -3.64. The third-order valence-corrected chi connectivity index (χ3v) is 8.24. The van der Waals surface area contributed by atoms with E-state index in [-0.39, 0.29) is 74.8 Å². The van der Waals surface area contributed by atoms with E-state index in [1.807, 2.05) is 0 Å². The maximum Gasteiger partial charge on any atom is 0.407 e. The van der Waals surface area contributed by atoms with E-state index < -0.39 is 47.7 Å². The Morgan fingerprint density at radius 1 is 1.05 bits per heavy atom. The van der Waals surface area contributed by atoms with E-state index in [0.29, 0.717) is 31.2 Å². The maximum atomic E-state index is 15.3. The molecule has 2 saturated heterocycles. The van der Waals surface area contributed by atoms with E-state index in [4.69, 9.17) is 4.74 Å². The van der Waals surface area contributed by atoms with Gasteiger partial charge in [-0.3, -0.25) is 24.5 Å². The highest BCUT2D eigenvalue weighted by Gasteiger charge is 2.41. The third-order valence-electron chi connectivity index (χ3n) is 8.24. The Morgan fingerprint density at radius 2 is 1.75 bits per heavy atom. The number of alkyl carbamates (subject to hydrolysis) is 1. The molecule has 0 radical (unpaired) electrons. The molecule has 216 valence electrons. The van der Waals surface area contributed by atoms with Crippen molar-refractivity contribution >= 4 is 29.7 Å². The van der Waals surface area contributed by atoms with Crippen molar-refractivity contribution < 1.29 is 41.9 Å². The van der Waals surface area contributed by atoms with E-state index in [0.717, 1.165) is 0 Å². The molecule has 1 aliphatic carbocycles. The van der Waals surface area contributed by atoms with Crippen molar-refractivity contribution in [3.8, 4) is 0 Å². The molecular weight excluding hydrogens is 533 g/mol. The molecule has 10 nitrogen and oxygen atoms in total. The van der Waals surface area contributed by atoms with E-state index in [9.17, 15) is 32.8 Å². The Morgan fingerprint density at radius 3 is 2.42 bits per heavy atom. The van der Waals surface area contributed by atoms with Crippen LogP contribution in [0.25, 0.3) is 0 Å². The van der Waals surface area contributed by atoms with Crippen LogP contribution in [0.15, 0.2) is 12.1 Å². The Kier molecular flexibility index (Phi) is 7.74. The van der Waals surface area contributed by atoms with E-state index in [1.54, 1.807) is 6.07 Å². The number of amides is 5. The zero-order valence-electron chi connectivity index (χ0n) is 21.8. The Balaban J connectivity index is 1.09. The minimum absolute atomic E-state index is 0.0442. The first-order valence-electron chi connectivity index (χ1n) is 13.6. The fourth-order valence-corrected chi connectivity index (χ4v) is 5.89. The van der Waals surface area contributed by atoms with Crippen LogP contribution in [0.3, 0.4) is 0 Å². The summed E-state index contributed by atoms with van der Waals surface area (Å²) in [6.45, 7) is -0.0888. The van der Waals surface area contributed by atoms with Gasteiger partial charge in [-0.1, -0.05) is 12.1 Å². The molecule has 5 amide bonds. The number of alkyl halides is 2. The number of piperidine rings is 2. The van der Waals surface area contributed by atoms with Gasteiger partial charge in [0.05, 0.1) is 5.56 Å². The number of nitrogens with zero attached hydrogens (tertiary/aromatic N) is 2. The van der Waals surface area contributed by atoms with Gasteiger partial charge in [-0.2, -0.15) is 0 Å². The number of likely N-dealkylation sites (tertiary alicyclic amines) is 1. The van der Waals surface area contributed by atoms with Gasteiger partial charge in [0.1, 0.15) is 18.0 Å². The summed E-state index contributed by atoms with van der Waals surface area (Å²) in [5.74, 6) is -5.56. The number of hydrogen-bond donors (Lipinski definition) is 2. The summed E-state index contributed by atoms with van der Waals surface area (Å²) in [5, 5.41) is 4.70. The predicted octanol–water partition coefficient (Wildman–Crippen LogP) is 2.63. The first kappa shape index (κ1) is 27.9. The molecule has 0 bridgehead atoms. The normalized spacial score (nSPS) is 26.3. The Labute approximate surface area is 228 Å². The monoisotopic (exact) mass is 564 g/mol. The molecule has 1 unspecified atom stereocenters. The van der Waals surface area contributed by atoms with Gasteiger partial charge in [-0.15, -0.1) is 0 Å². The molecule has 0 aromatic heterocycles. The molecule has 0 spiro atoms. The number of carbonyl (C=O) groups excluding carboxylic acids is 5. The van der Waals surface area contributed by atoms with Crippen LogP contribution >= 0.6 is 0 Å². The average molecular weight is 565 g/mol. The summed E-state index contributed by atoms with van der Waals surface area (Å²) >= 11 is 0. The lowest BCUT2D eigenvalue weighted by molar-refractivity contribution is -0.143. The summed E-state index contributed by atoms with van der Waals surface area (Å²) in [4.78, 5) is 64.4. The first-order chi connectivity index (χ1) is 19.0. The molecule has 5 rings (SSSR count). The molecule has 3 aliphatic heterocycles. The van der Waals surface area contributed by atoms with Crippen LogP contribution in [-0.2, 0) is 32.2 Å². The second-order valence-electron chi connectivity index (χ2n) is 10.9. The number of hydrogen-bond acceptors (Lipinski definition) is 6. The van der Waals surface area contributed by atoms with Gasteiger partial charge in [-0.05, 0) is 37.7 Å². The molecule has 4 aliphatic rings. The molecular formula is C27H31F3N4O6. The minimum Gasteiger partial charge on any atom is -0.446 e. The van der Waals surface area contributed by atoms with Crippen LogP contribution in [0.1, 0.15) is 72.9 Å². The second-order valence-corrected chi connectivity index (χ2v) is 10.9. The molecule has 1 aromatic carbocycles. The molecule has 3 fully saturated rings. The summed E-state index contributed by atoms with van der Waals surface area (Å²) in [7, 11) is 0. The van der Waals surface area contributed by atoms with Crippen molar-refractivity contribution in [1.82, 2.24) is 20.4 Å².